The molecule has 2 nitrogen and oxygen atoms in total. The zero-order valence-corrected chi connectivity index (χ0v) is 62.4. The first-order valence-electron chi connectivity index (χ1n) is 34.9. The van der Waals surface area contributed by atoms with Crippen LogP contribution >= 0.6 is 38.6 Å². The summed E-state index contributed by atoms with van der Waals surface area (Å²) in [6, 6.07) is 154. The predicted octanol–water partition coefficient (Wildman–Crippen LogP) is 22.8. The normalized spacial score (nSPS) is 11.0. The fraction of sp³-hybridized carbons (Fsp3) is 0.0204. The van der Waals surface area contributed by atoms with Gasteiger partial charge in [0.1, 0.15) is 0 Å². The molecule has 0 aliphatic carbocycles. The van der Waals surface area contributed by atoms with E-state index in [0.29, 0.717) is 0 Å². The van der Waals surface area contributed by atoms with Crippen molar-refractivity contribution in [1.82, 2.24) is 0 Å². The minimum atomic E-state index is -2.62. The van der Waals surface area contributed by atoms with Crippen LogP contribution in [0.1, 0.15) is 14.9 Å². The number of fused-ring (bicyclic) bond motifs is 6. The minimum Gasteiger partial charge on any atom is -0.356 e. The molecule has 511 valence electrons. The van der Waals surface area contributed by atoms with Crippen molar-refractivity contribution in [3.63, 3.8) is 0 Å². The molecule has 0 unspecified atom stereocenters. The number of thiophene rings is 2. The predicted molar refractivity (Wildman–Crippen MR) is 475 cm³/mol. The quantitative estimate of drug-likeness (QED) is 0.0813. The average Bonchev–Trinajstić information content (AvgIpc) is 1.07. The smallest absolute Gasteiger partial charge is 0.179 e. The van der Waals surface area contributed by atoms with Crippen LogP contribution in [-0.4, -0.2) is 24.6 Å². The Balaban J connectivity index is 0.000000154. The summed E-state index contributed by atoms with van der Waals surface area (Å²) in [5.41, 5.74) is 10.6. The lowest BCUT2D eigenvalue weighted by Gasteiger charge is -2.35. The molecule has 8 heteroatoms. The molecule has 2 aromatic heterocycles. The third-order valence-corrected chi connectivity index (χ3v) is 31.9. The number of halogens is 1. The Kier molecular flexibility index (Phi) is 23.1. The second kappa shape index (κ2) is 33.5. The van der Waals surface area contributed by atoms with E-state index in [0.717, 1.165) is 32.9 Å². The van der Waals surface area contributed by atoms with Gasteiger partial charge in [-0.1, -0.05) is 346 Å². The van der Waals surface area contributed by atoms with E-state index in [-0.39, 0.29) is 23.3 Å². The highest BCUT2D eigenvalue weighted by molar-refractivity contribution is 9.10. The number of para-hydroxylation sites is 2. The lowest BCUT2D eigenvalue weighted by Crippen LogP contribution is -2.74. The Morgan fingerprint density at radius 2 is 0.491 bits per heavy atom. The molecular weight excluding hydrogens is 1420 g/mol. The average molecular weight is 1500 g/mol. The van der Waals surface area contributed by atoms with Crippen LogP contribution < -0.4 is 51.7 Å². The summed E-state index contributed by atoms with van der Waals surface area (Å²) in [5, 5.41) is 19.8. The summed E-state index contributed by atoms with van der Waals surface area (Å²) in [7, 11) is -5.07. The summed E-state index contributed by atoms with van der Waals surface area (Å²) >= 11 is 7.29. The topological polar surface area (TPSA) is 15.3 Å². The molecule has 1 N–H and O–H groups in total. The molecule has 3 radical (unpaired) electrons. The molecule has 0 aliphatic rings. The van der Waals surface area contributed by atoms with Crippen molar-refractivity contribution < 1.29 is 0 Å². The molecular formula is C98H79BBrN2S2Si2. The summed E-state index contributed by atoms with van der Waals surface area (Å²) in [6.07, 6.45) is 0. The maximum absolute atomic E-state index is 3.57. The van der Waals surface area contributed by atoms with Gasteiger partial charge >= 0.3 is 0 Å². The zero-order valence-electron chi connectivity index (χ0n) is 57.1. The first-order chi connectivity index (χ1) is 51.0. The van der Waals surface area contributed by atoms with Crippen LogP contribution in [0.5, 0.6) is 0 Å². The lowest BCUT2D eigenvalue weighted by molar-refractivity contribution is 1.29. The van der Waals surface area contributed by atoms with Crippen molar-refractivity contribution >= 4 is 173 Å². The first kappa shape index (κ1) is 72.9. The van der Waals surface area contributed by atoms with E-state index in [4.69, 9.17) is 0 Å². The molecule has 18 rings (SSSR count). The SMILES string of the molecule is Brc1ccc2sc3ccc(-c4ccccc4)cc3c2c1.C.C.[B].c1ccc(-c2ccc3sc4ccc(N(c5ccccc5)c5ccc([Si](c6ccccc6)(c6ccccc6)c6ccccc6)cc5)cc4c3c2)cc1.c1ccc(Nc2ccc([Si](c3ccccc3)(c3ccccc3)c3ccccc3)cc2)cc1. The fourth-order valence-electron chi connectivity index (χ4n) is 14.8. The van der Waals surface area contributed by atoms with Gasteiger partial charge in [-0.05, 0) is 173 Å². The molecule has 0 bridgehead atoms. The Labute approximate surface area is 644 Å². The van der Waals surface area contributed by atoms with Gasteiger partial charge in [-0.25, -0.2) is 0 Å². The summed E-state index contributed by atoms with van der Waals surface area (Å²) in [4.78, 5) is 2.39. The number of anilines is 5. The van der Waals surface area contributed by atoms with Crippen molar-refractivity contribution in [2.24, 2.45) is 0 Å². The molecule has 0 saturated carbocycles. The van der Waals surface area contributed by atoms with Crippen LogP contribution in [0.25, 0.3) is 62.6 Å². The van der Waals surface area contributed by atoms with E-state index >= 15 is 0 Å². The maximum Gasteiger partial charge on any atom is 0.179 e. The molecule has 0 amide bonds. The zero-order chi connectivity index (χ0) is 69.2. The Hall–Kier alpha value is -11.5. The van der Waals surface area contributed by atoms with Crippen LogP contribution in [0.4, 0.5) is 28.4 Å². The van der Waals surface area contributed by atoms with E-state index in [1.807, 2.05) is 28.7 Å². The van der Waals surface area contributed by atoms with Gasteiger partial charge in [0.15, 0.2) is 16.1 Å². The van der Waals surface area contributed by atoms with Crippen LogP contribution in [0.15, 0.2) is 429 Å². The van der Waals surface area contributed by atoms with E-state index in [1.165, 1.54) is 104 Å². The highest BCUT2D eigenvalue weighted by Gasteiger charge is 2.43. The number of benzene rings is 16. The van der Waals surface area contributed by atoms with Gasteiger partial charge in [-0.15, -0.1) is 22.7 Å². The van der Waals surface area contributed by atoms with Gasteiger partial charge in [0.25, 0.3) is 0 Å². The van der Waals surface area contributed by atoms with Crippen molar-refractivity contribution in [2.75, 3.05) is 10.2 Å². The van der Waals surface area contributed by atoms with Gasteiger partial charge in [-0.2, -0.15) is 0 Å². The number of nitrogens with zero attached hydrogens (tertiary/aromatic N) is 1. The van der Waals surface area contributed by atoms with E-state index < -0.39 is 16.1 Å². The molecule has 18 aromatic rings. The third kappa shape index (κ3) is 14.8. The lowest BCUT2D eigenvalue weighted by atomic mass is 10.0. The molecule has 0 spiro atoms. The van der Waals surface area contributed by atoms with Gasteiger partial charge in [0.2, 0.25) is 0 Å². The monoisotopic (exact) mass is 1490 g/mol. The number of nitrogens with one attached hydrogen (secondary N) is 1. The Morgan fingerprint density at radius 1 is 0.226 bits per heavy atom. The first-order valence-corrected chi connectivity index (χ1v) is 41.3. The molecule has 106 heavy (non-hydrogen) atoms. The summed E-state index contributed by atoms with van der Waals surface area (Å²) in [6.45, 7) is 0. The minimum absolute atomic E-state index is 0. The number of hydrogen-bond donors (Lipinski definition) is 1. The molecule has 0 aliphatic heterocycles. The van der Waals surface area contributed by atoms with Gasteiger partial charge in [0, 0.05) is 81.7 Å². The van der Waals surface area contributed by atoms with Crippen molar-refractivity contribution in [1.29, 1.82) is 0 Å². The van der Waals surface area contributed by atoms with Crippen LogP contribution in [0.3, 0.4) is 0 Å². The van der Waals surface area contributed by atoms with E-state index in [2.05, 4.69) is 445 Å². The Morgan fingerprint density at radius 3 is 0.868 bits per heavy atom. The summed E-state index contributed by atoms with van der Waals surface area (Å²) < 4.78 is 6.43. The van der Waals surface area contributed by atoms with Gasteiger partial charge < -0.3 is 10.2 Å². The second-order valence-corrected chi connectivity index (χ2v) is 36.4. The highest BCUT2D eigenvalue weighted by Crippen LogP contribution is 2.42. The third-order valence-electron chi connectivity index (χ3n) is 19.6. The molecule has 0 fully saturated rings. The fourth-order valence-corrected chi connectivity index (χ4v) is 26.8. The van der Waals surface area contributed by atoms with Gasteiger partial charge in [0.05, 0.1) is 0 Å². The van der Waals surface area contributed by atoms with Crippen LogP contribution in [0.2, 0.25) is 0 Å². The molecule has 0 saturated heterocycles. The van der Waals surface area contributed by atoms with Crippen molar-refractivity contribution in [2.45, 2.75) is 14.9 Å². The van der Waals surface area contributed by atoms with E-state index in [9.17, 15) is 0 Å². The van der Waals surface area contributed by atoms with Crippen molar-refractivity contribution in [3.8, 4) is 22.3 Å². The van der Waals surface area contributed by atoms with Gasteiger partial charge in [-0.3, -0.25) is 0 Å². The van der Waals surface area contributed by atoms with E-state index in [1.54, 1.807) is 0 Å². The molecule has 2 heterocycles. The second-order valence-electron chi connectivity index (χ2n) is 25.7. The number of hydrogen-bond acceptors (Lipinski definition) is 4. The number of rotatable bonds is 15. The van der Waals surface area contributed by atoms with Crippen LogP contribution in [0, 0.1) is 0 Å². The van der Waals surface area contributed by atoms with Crippen LogP contribution in [-0.2, 0) is 0 Å². The largest absolute Gasteiger partial charge is 0.356 e. The highest BCUT2D eigenvalue weighted by atomic mass is 79.9. The van der Waals surface area contributed by atoms with Crippen molar-refractivity contribution in [3.05, 3.63) is 429 Å². The summed E-state index contributed by atoms with van der Waals surface area (Å²) in [5.74, 6) is 0. The molecule has 0 atom stereocenters. The molecule has 16 aromatic carbocycles. The maximum atomic E-state index is 3.57. The standard InChI is InChI=1S/C48H35NSSi.C30H25NSi.C18H11BrS.2CH4.B/c1-6-16-36(17-7-1)37-26-32-47-45(34-37)46-35-40(29-33-48(46)50-47)49(38-18-8-2-9-19-38)39-27-30-44(31-28-39)51(41-20-10-3-11-21-41,42-22-12-4-13-23-42)43-24-14-5-15-25-43;1-5-13-25(14-6-1)31-26-21-23-30(24-22-26)32(27-15-7-2-8-16-27,28-17-9-3-10-18-28)29-19-11-4-12-20-29;19-14-7-9-18-16(11-14)15-10-13(6-8-17(15)20-18)12-4-2-1-3-5-12;;;/h1-35H;1-24,31H;1-11H;2*1H4;. The Bertz CT molecular complexity index is 5620.